The number of carbonyl (C=O) groups excluding carboxylic acids is 1. The Bertz CT molecular complexity index is 801. The number of nitrogens with one attached hydrogen (secondary N) is 1. The number of thiazole rings is 1. The van der Waals surface area contributed by atoms with E-state index in [1.807, 2.05) is 12.3 Å². The number of carbonyl (C=O) groups is 2. The lowest BCUT2D eigenvalue weighted by atomic mass is 9.93. The summed E-state index contributed by atoms with van der Waals surface area (Å²) in [6, 6.07) is 5.71. The second-order valence-electron chi connectivity index (χ2n) is 6.44. The van der Waals surface area contributed by atoms with Gasteiger partial charge in [-0.25, -0.2) is 9.78 Å². The summed E-state index contributed by atoms with van der Waals surface area (Å²) in [6.07, 6.45) is 1.51. The summed E-state index contributed by atoms with van der Waals surface area (Å²) < 4.78 is 11.0. The maximum absolute atomic E-state index is 12.6. The molecule has 1 fully saturated rings. The number of hydrogen-bond donors (Lipinski definition) is 2. The zero-order valence-electron chi connectivity index (χ0n) is 15.0. The predicted octanol–water partition coefficient (Wildman–Crippen LogP) is 2.64. The van der Waals surface area contributed by atoms with Crippen LogP contribution in [-0.4, -0.2) is 41.2 Å². The van der Waals surface area contributed by atoms with E-state index in [1.165, 1.54) is 0 Å². The highest BCUT2D eigenvalue weighted by Crippen LogP contribution is 2.20. The average Bonchev–Trinajstić information content (AvgIpc) is 3.10. The maximum atomic E-state index is 12.6. The van der Waals surface area contributed by atoms with E-state index in [1.54, 1.807) is 35.6 Å². The van der Waals surface area contributed by atoms with Crippen molar-refractivity contribution in [1.82, 2.24) is 10.3 Å². The van der Waals surface area contributed by atoms with Crippen LogP contribution in [0.2, 0.25) is 0 Å². The summed E-state index contributed by atoms with van der Waals surface area (Å²) in [6.45, 7) is 3.21. The summed E-state index contributed by atoms with van der Waals surface area (Å²) >= 11 is 1.55. The molecule has 1 aromatic carbocycles. The summed E-state index contributed by atoms with van der Waals surface area (Å²) in [5.74, 6) is -1.19. The van der Waals surface area contributed by atoms with Crippen LogP contribution in [-0.2, 0) is 16.1 Å². The molecule has 0 aliphatic carbocycles. The highest BCUT2D eigenvalue weighted by molar-refractivity contribution is 7.09. The van der Waals surface area contributed by atoms with Crippen molar-refractivity contribution in [2.75, 3.05) is 13.2 Å². The van der Waals surface area contributed by atoms with Gasteiger partial charge in [-0.3, -0.25) is 4.79 Å². The van der Waals surface area contributed by atoms with Crippen molar-refractivity contribution in [3.8, 4) is 5.75 Å². The van der Waals surface area contributed by atoms with E-state index in [0.717, 1.165) is 17.1 Å². The second-order valence-corrected chi connectivity index (χ2v) is 7.50. The number of hydrogen-bond acceptors (Lipinski definition) is 6. The standard InChI is InChI=1S/C19H22N2O5S/c1-12-20-15(11-27-12)10-26-16-6-2-4-13(8-16)18(22)21-17(19(23)24)14-5-3-7-25-9-14/h2,4,6,8,11,14,17H,3,5,7,9-10H2,1H3,(H,21,22)(H,23,24). The zero-order valence-corrected chi connectivity index (χ0v) is 15.8. The fourth-order valence-electron chi connectivity index (χ4n) is 2.99. The van der Waals surface area contributed by atoms with Crippen LogP contribution < -0.4 is 10.1 Å². The molecule has 2 atom stereocenters. The number of aliphatic carboxylic acids is 1. The van der Waals surface area contributed by atoms with Crippen molar-refractivity contribution in [3.05, 3.63) is 45.9 Å². The molecule has 1 aliphatic heterocycles. The third-order valence-electron chi connectivity index (χ3n) is 4.37. The first-order chi connectivity index (χ1) is 13.0. The van der Waals surface area contributed by atoms with E-state index < -0.39 is 17.9 Å². The topological polar surface area (TPSA) is 97.8 Å². The molecular weight excluding hydrogens is 368 g/mol. The maximum Gasteiger partial charge on any atom is 0.326 e. The molecule has 27 heavy (non-hydrogen) atoms. The zero-order chi connectivity index (χ0) is 19.2. The molecule has 1 amide bonds. The highest BCUT2D eigenvalue weighted by Gasteiger charge is 2.31. The first-order valence-electron chi connectivity index (χ1n) is 8.78. The van der Waals surface area contributed by atoms with E-state index >= 15 is 0 Å². The van der Waals surface area contributed by atoms with Crippen molar-refractivity contribution in [1.29, 1.82) is 0 Å². The van der Waals surface area contributed by atoms with Gasteiger partial charge in [-0.2, -0.15) is 0 Å². The van der Waals surface area contributed by atoms with Crippen LogP contribution in [0, 0.1) is 12.8 Å². The van der Waals surface area contributed by atoms with Crippen molar-refractivity contribution >= 4 is 23.2 Å². The van der Waals surface area contributed by atoms with Gasteiger partial charge in [0.05, 0.1) is 17.3 Å². The van der Waals surface area contributed by atoms with Crippen LogP contribution in [0.15, 0.2) is 29.6 Å². The van der Waals surface area contributed by atoms with Crippen molar-refractivity contribution in [2.45, 2.75) is 32.4 Å². The molecule has 2 aromatic rings. The van der Waals surface area contributed by atoms with Crippen LogP contribution >= 0.6 is 11.3 Å². The molecule has 1 aromatic heterocycles. The van der Waals surface area contributed by atoms with Gasteiger partial charge in [0, 0.05) is 23.5 Å². The van der Waals surface area contributed by atoms with E-state index in [-0.39, 0.29) is 5.92 Å². The molecule has 2 N–H and O–H groups in total. The molecule has 0 spiro atoms. The molecule has 8 heteroatoms. The smallest absolute Gasteiger partial charge is 0.326 e. The Labute approximate surface area is 161 Å². The number of aryl methyl sites for hydroxylation is 1. The van der Waals surface area contributed by atoms with Gasteiger partial charge >= 0.3 is 5.97 Å². The van der Waals surface area contributed by atoms with Gasteiger partial charge in [0.2, 0.25) is 0 Å². The van der Waals surface area contributed by atoms with Gasteiger partial charge in [-0.05, 0) is 38.0 Å². The summed E-state index contributed by atoms with van der Waals surface area (Å²) in [5.41, 5.74) is 1.18. The number of benzene rings is 1. The van der Waals surface area contributed by atoms with Crippen LogP contribution in [0.3, 0.4) is 0 Å². The second kappa shape index (κ2) is 8.96. The molecule has 1 aliphatic rings. The van der Waals surface area contributed by atoms with Crippen LogP contribution in [0.25, 0.3) is 0 Å². The van der Waals surface area contributed by atoms with Gasteiger partial charge in [-0.1, -0.05) is 6.07 Å². The minimum Gasteiger partial charge on any atom is -0.487 e. The molecule has 144 valence electrons. The minimum absolute atomic E-state index is 0.229. The number of aromatic nitrogens is 1. The Morgan fingerprint density at radius 1 is 1.48 bits per heavy atom. The Morgan fingerprint density at radius 3 is 3.00 bits per heavy atom. The lowest BCUT2D eigenvalue weighted by Crippen LogP contribution is -2.48. The van der Waals surface area contributed by atoms with Gasteiger partial charge in [0.15, 0.2) is 0 Å². The number of nitrogens with zero attached hydrogens (tertiary/aromatic N) is 1. The average molecular weight is 390 g/mol. The summed E-state index contributed by atoms with van der Waals surface area (Å²) in [4.78, 5) is 28.5. The third-order valence-corrected chi connectivity index (χ3v) is 5.19. The summed E-state index contributed by atoms with van der Waals surface area (Å²) in [5, 5.41) is 15.0. The number of rotatable bonds is 7. The monoisotopic (exact) mass is 390 g/mol. The van der Waals surface area contributed by atoms with Crippen LogP contribution in [0.1, 0.15) is 33.9 Å². The van der Waals surface area contributed by atoms with Crippen LogP contribution in [0.4, 0.5) is 0 Å². The fraction of sp³-hybridized carbons (Fsp3) is 0.421. The molecule has 0 saturated carbocycles. The molecule has 1 saturated heterocycles. The number of carboxylic acids is 1. The first-order valence-corrected chi connectivity index (χ1v) is 9.66. The molecule has 0 bridgehead atoms. The van der Waals surface area contributed by atoms with Crippen LogP contribution in [0.5, 0.6) is 5.75 Å². The quantitative estimate of drug-likeness (QED) is 0.754. The van der Waals surface area contributed by atoms with Gasteiger partial charge in [-0.15, -0.1) is 11.3 Å². The Kier molecular flexibility index (Phi) is 6.41. The van der Waals surface area contributed by atoms with E-state index in [0.29, 0.717) is 37.6 Å². The molecular formula is C19H22N2O5S. The van der Waals surface area contributed by atoms with E-state index in [2.05, 4.69) is 10.3 Å². The molecule has 0 radical (unpaired) electrons. The normalized spacial score (nSPS) is 17.9. The molecule has 7 nitrogen and oxygen atoms in total. The Balaban J connectivity index is 1.63. The van der Waals surface area contributed by atoms with Gasteiger partial charge in [0.25, 0.3) is 5.91 Å². The number of carboxylic acid groups (broad SMARTS) is 1. The lowest BCUT2D eigenvalue weighted by molar-refractivity contribution is -0.142. The third kappa shape index (κ3) is 5.27. The molecule has 2 heterocycles. The van der Waals surface area contributed by atoms with Crippen molar-refractivity contribution < 1.29 is 24.2 Å². The lowest BCUT2D eigenvalue weighted by Gasteiger charge is -2.28. The largest absolute Gasteiger partial charge is 0.487 e. The first kappa shape index (κ1) is 19.3. The number of ether oxygens (including phenoxy) is 2. The van der Waals surface area contributed by atoms with Crippen molar-refractivity contribution in [2.24, 2.45) is 5.92 Å². The fourth-order valence-corrected chi connectivity index (χ4v) is 3.59. The number of amides is 1. The molecule has 2 unspecified atom stereocenters. The molecule has 3 rings (SSSR count). The Hall–Kier alpha value is -2.45. The van der Waals surface area contributed by atoms with E-state index in [9.17, 15) is 14.7 Å². The highest BCUT2D eigenvalue weighted by atomic mass is 32.1. The van der Waals surface area contributed by atoms with E-state index in [4.69, 9.17) is 9.47 Å². The SMILES string of the molecule is Cc1nc(COc2cccc(C(=O)NC(C(=O)O)C3CCCOC3)c2)cs1. The van der Waals surface area contributed by atoms with Crippen molar-refractivity contribution in [3.63, 3.8) is 0 Å². The Morgan fingerprint density at radius 2 is 2.33 bits per heavy atom. The predicted molar refractivity (Wildman–Crippen MR) is 100 cm³/mol. The van der Waals surface area contributed by atoms with Gasteiger partial charge in [0.1, 0.15) is 18.4 Å². The minimum atomic E-state index is -1.05. The van der Waals surface area contributed by atoms with Gasteiger partial charge < -0.3 is 19.9 Å². The summed E-state index contributed by atoms with van der Waals surface area (Å²) in [7, 11) is 0.